The molecule has 0 N–H and O–H groups in total. The Labute approximate surface area is 111 Å². The average Bonchev–Trinajstić information content (AvgIpc) is 2.27. The summed E-state index contributed by atoms with van der Waals surface area (Å²) in [5, 5.41) is 1.87. The molecule has 0 amide bonds. The highest BCUT2D eigenvalue weighted by atomic mass is 35.5. The Hall–Kier alpha value is 0.0500. The molecule has 0 unspecified atom stereocenters. The second-order valence-electron chi connectivity index (χ2n) is 4.19. The Balaban J connectivity index is 2.00. The van der Waals surface area contributed by atoms with Gasteiger partial charge >= 0.3 is 0 Å². The summed E-state index contributed by atoms with van der Waals surface area (Å²) >= 11 is 18.2. The van der Waals surface area contributed by atoms with Crippen LogP contribution in [0.2, 0.25) is 10.0 Å². The predicted molar refractivity (Wildman–Crippen MR) is 70.6 cm³/mol. The van der Waals surface area contributed by atoms with Crippen molar-refractivity contribution in [3.8, 4) is 0 Å². The molecular formula is C12H14Cl3N. The smallest absolute Gasteiger partial charge is 0.0452 e. The molecule has 1 aliphatic heterocycles. The largest absolute Gasteiger partial charge is 0.299 e. The normalized spacial score (nSPS) is 18.9. The second kappa shape index (κ2) is 5.59. The lowest BCUT2D eigenvalue weighted by atomic mass is 10.1. The molecule has 0 aromatic heterocycles. The molecule has 88 valence electrons. The highest BCUT2D eigenvalue weighted by Gasteiger charge is 2.17. The minimum absolute atomic E-state index is 0.339. The SMILES string of the molecule is Clc1ccc(Cl)c(CN2CCC(Cl)CC2)c1. The molecule has 1 aromatic carbocycles. The van der Waals surface area contributed by atoms with Crippen molar-refractivity contribution in [2.75, 3.05) is 13.1 Å². The third-order valence-electron chi connectivity index (χ3n) is 2.92. The van der Waals surface area contributed by atoms with Crippen LogP contribution >= 0.6 is 34.8 Å². The lowest BCUT2D eigenvalue weighted by molar-refractivity contribution is 0.223. The summed E-state index contributed by atoms with van der Waals surface area (Å²) in [5.74, 6) is 0. The maximum atomic E-state index is 6.13. The maximum Gasteiger partial charge on any atom is 0.0452 e. The highest BCUT2D eigenvalue weighted by molar-refractivity contribution is 6.33. The van der Waals surface area contributed by atoms with Crippen molar-refractivity contribution in [3.05, 3.63) is 33.8 Å². The molecule has 1 saturated heterocycles. The van der Waals surface area contributed by atoms with Crippen LogP contribution < -0.4 is 0 Å². The molecule has 0 saturated carbocycles. The first kappa shape index (κ1) is 12.5. The van der Waals surface area contributed by atoms with Crippen LogP contribution in [0.4, 0.5) is 0 Å². The fourth-order valence-electron chi connectivity index (χ4n) is 1.96. The van der Waals surface area contributed by atoms with Crippen LogP contribution in [0.1, 0.15) is 18.4 Å². The quantitative estimate of drug-likeness (QED) is 0.733. The van der Waals surface area contributed by atoms with Crippen LogP contribution in [0.25, 0.3) is 0 Å². The van der Waals surface area contributed by atoms with Crippen LogP contribution in [0.15, 0.2) is 18.2 Å². The monoisotopic (exact) mass is 277 g/mol. The van der Waals surface area contributed by atoms with Crippen molar-refractivity contribution >= 4 is 34.8 Å². The van der Waals surface area contributed by atoms with E-state index in [9.17, 15) is 0 Å². The molecule has 0 radical (unpaired) electrons. The zero-order valence-corrected chi connectivity index (χ0v) is 11.2. The van der Waals surface area contributed by atoms with Gasteiger partial charge in [-0.1, -0.05) is 23.2 Å². The minimum Gasteiger partial charge on any atom is -0.299 e. The van der Waals surface area contributed by atoms with Gasteiger partial charge in [0.2, 0.25) is 0 Å². The lowest BCUT2D eigenvalue weighted by Crippen LogP contribution is -2.33. The first-order valence-corrected chi connectivity index (χ1v) is 6.65. The number of nitrogens with zero attached hydrogens (tertiary/aromatic N) is 1. The predicted octanol–water partition coefficient (Wildman–Crippen LogP) is 4.20. The van der Waals surface area contributed by atoms with Crippen LogP contribution in [0.3, 0.4) is 0 Å². The van der Waals surface area contributed by atoms with E-state index in [0.717, 1.165) is 48.1 Å². The van der Waals surface area contributed by atoms with Crippen molar-refractivity contribution in [2.24, 2.45) is 0 Å². The summed E-state index contributed by atoms with van der Waals surface area (Å²) in [6.07, 6.45) is 2.11. The van der Waals surface area contributed by atoms with E-state index >= 15 is 0 Å². The van der Waals surface area contributed by atoms with Crippen molar-refractivity contribution in [3.63, 3.8) is 0 Å². The molecule has 1 fully saturated rings. The number of piperidine rings is 1. The lowest BCUT2D eigenvalue weighted by Gasteiger charge is -2.29. The Kier molecular flexibility index (Phi) is 4.37. The Morgan fingerprint density at radius 1 is 1.19 bits per heavy atom. The number of rotatable bonds is 2. The fourth-order valence-corrected chi connectivity index (χ4v) is 2.53. The van der Waals surface area contributed by atoms with E-state index < -0.39 is 0 Å². The molecular weight excluding hydrogens is 264 g/mol. The standard InChI is InChI=1S/C12H14Cl3N/c13-10-3-5-16(6-4-10)8-9-7-11(14)1-2-12(9)15/h1-2,7,10H,3-6,8H2. The summed E-state index contributed by atoms with van der Waals surface area (Å²) in [5.41, 5.74) is 1.10. The van der Waals surface area contributed by atoms with Gasteiger partial charge in [-0.3, -0.25) is 4.90 Å². The molecule has 1 aliphatic rings. The van der Waals surface area contributed by atoms with E-state index in [1.54, 1.807) is 0 Å². The van der Waals surface area contributed by atoms with E-state index in [1.165, 1.54) is 0 Å². The van der Waals surface area contributed by atoms with E-state index in [-0.39, 0.29) is 0 Å². The Morgan fingerprint density at radius 2 is 1.88 bits per heavy atom. The van der Waals surface area contributed by atoms with Crippen LogP contribution in [0, 0.1) is 0 Å². The molecule has 16 heavy (non-hydrogen) atoms. The van der Waals surface area contributed by atoms with Crippen LogP contribution in [-0.2, 0) is 6.54 Å². The van der Waals surface area contributed by atoms with Gasteiger partial charge in [0.25, 0.3) is 0 Å². The van der Waals surface area contributed by atoms with Crippen molar-refractivity contribution in [2.45, 2.75) is 24.8 Å². The minimum atomic E-state index is 0.339. The topological polar surface area (TPSA) is 3.24 Å². The fraction of sp³-hybridized carbons (Fsp3) is 0.500. The van der Waals surface area contributed by atoms with E-state index in [1.807, 2.05) is 18.2 Å². The molecule has 0 bridgehead atoms. The number of alkyl halides is 1. The van der Waals surface area contributed by atoms with Gasteiger partial charge in [0.05, 0.1) is 0 Å². The van der Waals surface area contributed by atoms with Crippen molar-refractivity contribution in [1.82, 2.24) is 4.90 Å². The first-order chi connectivity index (χ1) is 7.65. The van der Waals surface area contributed by atoms with Crippen molar-refractivity contribution < 1.29 is 0 Å². The third-order valence-corrected chi connectivity index (χ3v) is 3.96. The summed E-state index contributed by atoms with van der Waals surface area (Å²) in [6, 6.07) is 5.61. The molecule has 1 heterocycles. The average molecular weight is 279 g/mol. The Bertz CT molecular complexity index is 359. The van der Waals surface area contributed by atoms with Crippen LogP contribution in [0.5, 0.6) is 0 Å². The van der Waals surface area contributed by atoms with Gasteiger partial charge in [0.15, 0.2) is 0 Å². The molecule has 0 aliphatic carbocycles. The van der Waals surface area contributed by atoms with Gasteiger partial charge in [-0.2, -0.15) is 0 Å². The molecule has 1 nitrogen and oxygen atoms in total. The zero-order valence-electron chi connectivity index (χ0n) is 8.93. The summed E-state index contributed by atoms with van der Waals surface area (Å²) in [7, 11) is 0. The molecule has 4 heteroatoms. The summed E-state index contributed by atoms with van der Waals surface area (Å²) in [4.78, 5) is 2.37. The van der Waals surface area contributed by atoms with Crippen molar-refractivity contribution in [1.29, 1.82) is 0 Å². The second-order valence-corrected chi connectivity index (χ2v) is 5.65. The maximum absolute atomic E-state index is 6.13. The zero-order chi connectivity index (χ0) is 11.5. The number of likely N-dealkylation sites (tertiary alicyclic amines) is 1. The molecule has 0 atom stereocenters. The Morgan fingerprint density at radius 3 is 2.56 bits per heavy atom. The number of hydrogen-bond acceptors (Lipinski definition) is 1. The summed E-state index contributed by atoms with van der Waals surface area (Å²) < 4.78 is 0. The highest BCUT2D eigenvalue weighted by Crippen LogP contribution is 2.24. The van der Waals surface area contributed by atoms with Gasteiger partial charge in [0, 0.05) is 22.0 Å². The molecule has 2 rings (SSSR count). The van der Waals surface area contributed by atoms with Gasteiger partial charge in [-0.15, -0.1) is 11.6 Å². The van der Waals surface area contributed by atoms with Gasteiger partial charge < -0.3 is 0 Å². The van der Waals surface area contributed by atoms with E-state index in [0.29, 0.717) is 5.38 Å². The molecule has 1 aromatic rings. The summed E-state index contributed by atoms with van der Waals surface area (Å²) in [6.45, 7) is 2.94. The van der Waals surface area contributed by atoms with Gasteiger partial charge in [-0.25, -0.2) is 0 Å². The third kappa shape index (κ3) is 3.27. The van der Waals surface area contributed by atoms with Gasteiger partial charge in [0.1, 0.15) is 0 Å². The number of halogens is 3. The number of hydrogen-bond donors (Lipinski definition) is 0. The first-order valence-electron chi connectivity index (χ1n) is 5.45. The number of benzene rings is 1. The van der Waals surface area contributed by atoms with E-state index in [2.05, 4.69) is 4.90 Å². The van der Waals surface area contributed by atoms with Gasteiger partial charge in [-0.05, 0) is 49.7 Å². The van der Waals surface area contributed by atoms with E-state index in [4.69, 9.17) is 34.8 Å². The van der Waals surface area contributed by atoms with Crippen LogP contribution in [-0.4, -0.2) is 23.4 Å². The molecule has 0 spiro atoms.